The van der Waals surface area contributed by atoms with E-state index in [2.05, 4.69) is 21.2 Å². The average Bonchev–Trinajstić information content (AvgIpc) is 3.40. The number of benzene rings is 1. The first-order valence-corrected chi connectivity index (χ1v) is 12.3. The third-order valence-electron chi connectivity index (χ3n) is 6.10. The molecule has 31 heavy (non-hydrogen) atoms. The van der Waals surface area contributed by atoms with Gasteiger partial charge in [-0.1, -0.05) is 6.07 Å². The van der Waals surface area contributed by atoms with Crippen LogP contribution in [0.1, 0.15) is 48.9 Å². The number of urea groups is 1. The number of nitrogens with zero attached hydrogens (tertiary/aromatic N) is 3. The first kappa shape index (κ1) is 21.8. The topological polar surface area (TPSA) is 96.3 Å². The maximum atomic E-state index is 12.8. The molecule has 1 aromatic carbocycles. The number of anilines is 1. The Balaban J connectivity index is 1.53. The molecule has 2 aliphatic rings. The minimum atomic E-state index is -4.08. The van der Waals surface area contributed by atoms with E-state index in [0.29, 0.717) is 6.54 Å². The lowest BCUT2D eigenvalue weighted by atomic mass is 9.99. The van der Waals surface area contributed by atoms with Gasteiger partial charge in [-0.05, 0) is 94.8 Å². The van der Waals surface area contributed by atoms with E-state index in [1.165, 1.54) is 17.2 Å². The van der Waals surface area contributed by atoms with Gasteiger partial charge < -0.3 is 10.2 Å². The van der Waals surface area contributed by atoms with Crippen molar-refractivity contribution in [3.05, 3.63) is 40.6 Å². The van der Waals surface area contributed by atoms with Gasteiger partial charge in [-0.15, -0.1) is 0 Å². The van der Waals surface area contributed by atoms with Gasteiger partial charge in [-0.25, -0.2) is 9.52 Å². The molecule has 4 rings (SSSR count). The van der Waals surface area contributed by atoms with Crippen LogP contribution in [-0.2, 0) is 41.2 Å². The Kier molecular flexibility index (Phi) is 5.59. The molecule has 2 aliphatic carbocycles. The van der Waals surface area contributed by atoms with Gasteiger partial charge in [0, 0.05) is 18.4 Å². The number of nitrogens with one attached hydrogen (secondary N) is 2. The van der Waals surface area contributed by atoms with Crippen molar-refractivity contribution in [2.24, 2.45) is 0 Å². The molecular weight excluding hydrogens is 414 g/mol. The van der Waals surface area contributed by atoms with Crippen LogP contribution in [0.3, 0.4) is 0 Å². The van der Waals surface area contributed by atoms with Gasteiger partial charge in [-0.2, -0.15) is 13.5 Å². The van der Waals surface area contributed by atoms with E-state index in [1.54, 1.807) is 10.9 Å². The summed E-state index contributed by atoms with van der Waals surface area (Å²) >= 11 is 0. The molecule has 8 nitrogen and oxygen atoms in total. The van der Waals surface area contributed by atoms with Crippen LogP contribution in [0.4, 0.5) is 10.5 Å². The van der Waals surface area contributed by atoms with Crippen LogP contribution in [0, 0.1) is 0 Å². The molecular formula is C22H31N5O3S. The lowest BCUT2D eigenvalue weighted by Crippen LogP contribution is -2.38. The Labute approximate surface area is 184 Å². The van der Waals surface area contributed by atoms with Crippen LogP contribution in [-0.4, -0.2) is 49.8 Å². The number of rotatable bonds is 6. The number of aromatic nitrogens is 2. The molecule has 168 valence electrons. The van der Waals surface area contributed by atoms with Crippen molar-refractivity contribution in [2.75, 3.05) is 26.0 Å². The zero-order chi connectivity index (χ0) is 22.4. The maximum Gasteiger partial charge on any atom is 0.333 e. The van der Waals surface area contributed by atoms with Crippen LogP contribution >= 0.6 is 0 Å². The van der Waals surface area contributed by atoms with E-state index < -0.39 is 21.6 Å². The fraction of sp³-hybridized carbons (Fsp3) is 0.545. The van der Waals surface area contributed by atoms with Crippen molar-refractivity contribution in [1.82, 2.24) is 19.4 Å². The van der Waals surface area contributed by atoms with E-state index in [9.17, 15) is 13.2 Å². The van der Waals surface area contributed by atoms with Crippen molar-refractivity contribution >= 4 is 21.7 Å². The number of aryl methyl sites for hydroxylation is 2. The number of hydrogen-bond acceptors (Lipinski definition) is 5. The van der Waals surface area contributed by atoms with E-state index >= 15 is 0 Å². The molecule has 2 amide bonds. The number of likely N-dealkylation sites (N-methyl/N-ethyl adjacent to an activating group) is 1. The Hall–Kier alpha value is -2.39. The quantitative estimate of drug-likeness (QED) is 0.713. The van der Waals surface area contributed by atoms with Crippen molar-refractivity contribution < 1.29 is 13.2 Å². The van der Waals surface area contributed by atoms with Crippen LogP contribution in [0.25, 0.3) is 0 Å². The fourth-order valence-electron chi connectivity index (χ4n) is 4.91. The molecule has 0 bridgehead atoms. The second kappa shape index (κ2) is 7.94. The summed E-state index contributed by atoms with van der Waals surface area (Å²) in [6.07, 6.45) is 7.61. The normalized spacial score (nSPS) is 15.8. The van der Waals surface area contributed by atoms with Gasteiger partial charge in [0.05, 0.1) is 5.54 Å². The molecule has 0 unspecified atom stereocenters. The van der Waals surface area contributed by atoms with E-state index in [0.717, 1.165) is 55.3 Å². The first-order valence-electron chi connectivity index (χ1n) is 10.8. The molecule has 1 aromatic heterocycles. The lowest BCUT2D eigenvalue weighted by Gasteiger charge is -2.28. The molecule has 1 heterocycles. The Morgan fingerprint density at radius 2 is 1.74 bits per heavy atom. The number of fused-ring (bicyclic) bond motifs is 2. The molecule has 0 aliphatic heterocycles. The molecule has 0 atom stereocenters. The SMILES string of the molecule is CN(C)CC(C)(C)n1ccc(S(=O)(=O)NC(=O)Nc2c3c(cc4c2CCC4)CCC3)n1. The summed E-state index contributed by atoms with van der Waals surface area (Å²) in [5, 5.41) is 6.93. The zero-order valence-electron chi connectivity index (χ0n) is 18.7. The molecule has 2 aromatic rings. The largest absolute Gasteiger partial charge is 0.333 e. The number of carbonyl (C=O) groups is 1. The number of amides is 2. The highest BCUT2D eigenvalue weighted by Crippen LogP contribution is 2.38. The fourth-order valence-corrected chi connectivity index (χ4v) is 5.75. The molecule has 0 radical (unpaired) electrons. The van der Waals surface area contributed by atoms with Gasteiger partial charge >= 0.3 is 6.03 Å². The molecule has 2 N–H and O–H groups in total. The summed E-state index contributed by atoms with van der Waals surface area (Å²) in [5.41, 5.74) is 5.28. The van der Waals surface area contributed by atoms with Gasteiger partial charge in [0.2, 0.25) is 0 Å². The average molecular weight is 446 g/mol. The van der Waals surface area contributed by atoms with Gasteiger partial charge in [-0.3, -0.25) is 4.68 Å². The first-order chi connectivity index (χ1) is 14.6. The predicted octanol–water partition coefficient (Wildman–Crippen LogP) is 2.67. The minimum Gasteiger partial charge on any atom is -0.307 e. The smallest absolute Gasteiger partial charge is 0.307 e. The molecule has 0 saturated heterocycles. The predicted molar refractivity (Wildman–Crippen MR) is 120 cm³/mol. The molecule has 0 spiro atoms. The second-order valence-electron chi connectivity index (χ2n) is 9.44. The molecule has 0 saturated carbocycles. The summed E-state index contributed by atoms with van der Waals surface area (Å²) in [5.74, 6) is 0. The third kappa shape index (κ3) is 4.34. The highest BCUT2D eigenvalue weighted by molar-refractivity contribution is 7.90. The van der Waals surface area contributed by atoms with Crippen molar-refractivity contribution in [3.63, 3.8) is 0 Å². The van der Waals surface area contributed by atoms with Crippen molar-refractivity contribution in [2.45, 2.75) is 62.9 Å². The monoisotopic (exact) mass is 445 g/mol. The Morgan fingerprint density at radius 3 is 2.32 bits per heavy atom. The molecule has 9 heteroatoms. The highest BCUT2D eigenvalue weighted by Gasteiger charge is 2.28. The second-order valence-corrected chi connectivity index (χ2v) is 11.1. The molecule has 0 fully saturated rings. The van der Waals surface area contributed by atoms with Crippen LogP contribution < -0.4 is 10.0 Å². The van der Waals surface area contributed by atoms with Crippen molar-refractivity contribution in [1.29, 1.82) is 0 Å². The Bertz CT molecular complexity index is 1090. The van der Waals surface area contributed by atoms with Crippen molar-refractivity contribution in [3.8, 4) is 0 Å². The van der Waals surface area contributed by atoms with Crippen LogP contribution in [0.2, 0.25) is 0 Å². The Morgan fingerprint density at radius 1 is 1.13 bits per heavy atom. The zero-order valence-corrected chi connectivity index (χ0v) is 19.5. The number of carbonyl (C=O) groups excluding carboxylic acids is 1. The summed E-state index contributed by atoms with van der Waals surface area (Å²) in [4.78, 5) is 14.7. The summed E-state index contributed by atoms with van der Waals surface area (Å²) in [6.45, 7) is 4.65. The highest BCUT2D eigenvalue weighted by atomic mass is 32.2. The minimum absolute atomic E-state index is 0.169. The standard InChI is InChI=1S/C22H31N5O3S/c1-22(2,14-26(3)4)27-12-11-19(24-27)31(29,30)25-21(28)23-20-17-9-5-7-15(17)13-16-8-6-10-18(16)20/h11-13H,5-10,14H2,1-4H3,(H2,23,25,28). The maximum absolute atomic E-state index is 12.8. The summed E-state index contributed by atoms with van der Waals surface area (Å²) in [7, 11) is -0.183. The number of hydrogen-bond donors (Lipinski definition) is 2. The summed E-state index contributed by atoms with van der Waals surface area (Å²) < 4.78 is 29.4. The summed E-state index contributed by atoms with van der Waals surface area (Å²) in [6, 6.07) is 2.95. The lowest BCUT2D eigenvalue weighted by molar-refractivity contribution is 0.221. The number of sulfonamides is 1. The van der Waals surface area contributed by atoms with Crippen LogP contribution in [0.5, 0.6) is 0 Å². The van der Waals surface area contributed by atoms with Crippen LogP contribution in [0.15, 0.2) is 23.4 Å². The van der Waals surface area contributed by atoms with Gasteiger partial charge in [0.1, 0.15) is 0 Å². The van der Waals surface area contributed by atoms with Gasteiger partial charge in [0.15, 0.2) is 5.03 Å². The van der Waals surface area contributed by atoms with E-state index in [-0.39, 0.29) is 5.03 Å². The van der Waals surface area contributed by atoms with E-state index in [4.69, 9.17) is 0 Å². The van der Waals surface area contributed by atoms with Gasteiger partial charge in [0.25, 0.3) is 10.0 Å². The van der Waals surface area contributed by atoms with E-state index in [1.807, 2.05) is 32.8 Å². The third-order valence-corrected chi connectivity index (χ3v) is 7.32.